The molecule has 0 spiro atoms. The predicted molar refractivity (Wildman–Crippen MR) is 118 cm³/mol. The van der Waals surface area contributed by atoms with Gasteiger partial charge in [0, 0.05) is 39.1 Å². The summed E-state index contributed by atoms with van der Waals surface area (Å²) in [7, 11) is 0. The molecule has 0 aromatic heterocycles. The van der Waals surface area contributed by atoms with E-state index >= 15 is 0 Å². The molecular weight excluding hydrogens is 336 g/mol. The molecule has 3 saturated heterocycles. The summed E-state index contributed by atoms with van der Waals surface area (Å²) in [5, 5.41) is 3.50. The van der Waals surface area contributed by atoms with Crippen LogP contribution in [0, 0.1) is 17.8 Å². The second kappa shape index (κ2) is 16.3. The first-order valence-electron chi connectivity index (χ1n) is 11.6. The van der Waals surface area contributed by atoms with Gasteiger partial charge < -0.3 is 20.9 Å². The molecule has 3 N–H and O–H groups in total. The molecule has 3 aliphatic rings. The number of amides is 1. The van der Waals surface area contributed by atoms with Crippen LogP contribution in [0.15, 0.2) is 0 Å². The van der Waals surface area contributed by atoms with Crippen LogP contribution in [-0.4, -0.2) is 68.1 Å². The van der Waals surface area contributed by atoms with Crippen molar-refractivity contribution in [3.05, 3.63) is 0 Å². The lowest BCUT2D eigenvalue weighted by atomic mass is 9.96. The summed E-state index contributed by atoms with van der Waals surface area (Å²) in [6, 6.07) is 0. The Balaban J connectivity index is 0.000000737. The maximum Gasteiger partial charge on any atom is 0.222 e. The molecule has 3 fully saturated rings. The largest absolute Gasteiger partial charge is 0.343 e. The third kappa shape index (κ3) is 9.40. The number of carbonyl (C=O) groups is 1. The number of rotatable bonds is 4. The maximum absolute atomic E-state index is 11.7. The minimum atomic E-state index is 0.334. The fraction of sp³-hybridized carbons (Fsp3) is 0.955. The van der Waals surface area contributed by atoms with Gasteiger partial charge in [-0.25, -0.2) is 0 Å². The van der Waals surface area contributed by atoms with Crippen LogP contribution in [0.4, 0.5) is 0 Å². The van der Waals surface area contributed by atoms with E-state index in [2.05, 4.69) is 22.0 Å². The zero-order valence-corrected chi connectivity index (χ0v) is 19.1. The van der Waals surface area contributed by atoms with Crippen LogP contribution in [0.3, 0.4) is 0 Å². The van der Waals surface area contributed by atoms with Crippen molar-refractivity contribution >= 4 is 5.91 Å². The van der Waals surface area contributed by atoms with Crippen LogP contribution < -0.4 is 11.1 Å². The van der Waals surface area contributed by atoms with Crippen molar-refractivity contribution in [3.8, 4) is 0 Å². The van der Waals surface area contributed by atoms with Gasteiger partial charge in [0.1, 0.15) is 0 Å². The van der Waals surface area contributed by atoms with Crippen molar-refractivity contribution in [1.82, 2.24) is 15.1 Å². The number of carbonyl (C=O) groups excluding carboxylic acids is 1. The van der Waals surface area contributed by atoms with Gasteiger partial charge >= 0.3 is 0 Å². The van der Waals surface area contributed by atoms with Gasteiger partial charge in [-0.15, -0.1) is 0 Å². The van der Waals surface area contributed by atoms with Crippen LogP contribution in [-0.2, 0) is 4.79 Å². The van der Waals surface area contributed by atoms with E-state index in [9.17, 15) is 4.79 Å². The molecule has 3 rings (SSSR count). The van der Waals surface area contributed by atoms with Crippen molar-refractivity contribution in [1.29, 1.82) is 0 Å². The van der Waals surface area contributed by atoms with Crippen molar-refractivity contribution in [2.75, 3.05) is 52.4 Å². The Morgan fingerprint density at radius 1 is 1.00 bits per heavy atom. The summed E-state index contributed by atoms with van der Waals surface area (Å²) < 4.78 is 0. The lowest BCUT2D eigenvalue weighted by Crippen LogP contribution is -2.41. The number of piperidine rings is 1. The smallest absolute Gasteiger partial charge is 0.222 e. The molecule has 5 heteroatoms. The van der Waals surface area contributed by atoms with E-state index in [1.165, 1.54) is 45.6 Å². The Morgan fingerprint density at radius 2 is 1.48 bits per heavy atom. The van der Waals surface area contributed by atoms with Crippen LogP contribution in [0.5, 0.6) is 0 Å². The third-order valence-corrected chi connectivity index (χ3v) is 5.54. The minimum Gasteiger partial charge on any atom is -0.343 e. The SMILES string of the molecule is CC.CC.CCC(=O)N1CCC(CN2C[C@H]3CNC[C@H]3C2)CC1.CCCN. The van der Waals surface area contributed by atoms with E-state index in [0.717, 1.165) is 43.8 Å². The highest BCUT2D eigenvalue weighted by molar-refractivity contribution is 5.75. The van der Waals surface area contributed by atoms with E-state index in [4.69, 9.17) is 5.73 Å². The first kappa shape index (κ1) is 26.4. The van der Waals surface area contributed by atoms with Gasteiger partial charge in [0.15, 0.2) is 0 Å². The quantitative estimate of drug-likeness (QED) is 0.781. The molecule has 3 aliphatic heterocycles. The lowest BCUT2D eigenvalue weighted by molar-refractivity contribution is -0.132. The highest BCUT2D eigenvalue weighted by atomic mass is 16.2. The second-order valence-electron chi connectivity index (χ2n) is 7.36. The molecule has 0 aromatic carbocycles. The molecule has 5 nitrogen and oxygen atoms in total. The molecule has 0 aliphatic carbocycles. The fourth-order valence-electron chi connectivity index (χ4n) is 4.06. The minimum absolute atomic E-state index is 0.334. The van der Waals surface area contributed by atoms with Crippen molar-refractivity contribution in [3.63, 3.8) is 0 Å². The Hall–Kier alpha value is -0.650. The summed E-state index contributed by atoms with van der Waals surface area (Å²) in [4.78, 5) is 16.4. The molecule has 0 bridgehead atoms. The Labute approximate surface area is 169 Å². The van der Waals surface area contributed by atoms with E-state index in [1.54, 1.807) is 0 Å². The first-order chi connectivity index (χ1) is 13.2. The van der Waals surface area contributed by atoms with Gasteiger partial charge in [0.05, 0.1) is 0 Å². The first-order valence-corrected chi connectivity index (χ1v) is 11.6. The van der Waals surface area contributed by atoms with Crippen LogP contribution in [0.25, 0.3) is 0 Å². The number of hydrogen-bond donors (Lipinski definition) is 2. The molecule has 1 amide bonds. The molecule has 3 heterocycles. The van der Waals surface area contributed by atoms with E-state index in [0.29, 0.717) is 12.3 Å². The van der Waals surface area contributed by atoms with Crippen LogP contribution >= 0.6 is 0 Å². The number of nitrogens with one attached hydrogen (secondary N) is 1. The average Bonchev–Trinajstić information content (AvgIpc) is 3.33. The number of nitrogens with two attached hydrogens (primary N) is 1. The van der Waals surface area contributed by atoms with Gasteiger partial charge in [-0.05, 0) is 56.7 Å². The van der Waals surface area contributed by atoms with Crippen molar-refractivity contribution in [2.45, 2.75) is 67.2 Å². The Bertz CT molecular complexity index is 342. The normalized spacial score (nSPS) is 24.6. The van der Waals surface area contributed by atoms with Crippen LogP contribution in [0.1, 0.15) is 67.2 Å². The van der Waals surface area contributed by atoms with Gasteiger partial charge in [-0.2, -0.15) is 0 Å². The number of hydrogen-bond acceptors (Lipinski definition) is 4. The van der Waals surface area contributed by atoms with E-state index < -0.39 is 0 Å². The molecule has 0 saturated carbocycles. The molecule has 0 aromatic rings. The van der Waals surface area contributed by atoms with Gasteiger partial charge in [0.2, 0.25) is 5.91 Å². The number of fused-ring (bicyclic) bond motifs is 1. The molecular formula is C22H48N4O. The molecule has 162 valence electrons. The highest BCUT2D eigenvalue weighted by Gasteiger charge is 2.36. The molecule has 0 unspecified atom stereocenters. The van der Waals surface area contributed by atoms with Gasteiger partial charge in [-0.1, -0.05) is 41.5 Å². The topological polar surface area (TPSA) is 61.6 Å². The predicted octanol–water partition coefficient (Wildman–Crippen LogP) is 3.19. The molecule has 2 atom stereocenters. The zero-order chi connectivity index (χ0) is 20.7. The number of nitrogens with zero attached hydrogens (tertiary/aromatic N) is 2. The summed E-state index contributed by atoms with van der Waals surface area (Å²) in [5.74, 6) is 2.96. The van der Waals surface area contributed by atoms with E-state index in [1.807, 2.05) is 34.6 Å². The Morgan fingerprint density at radius 3 is 1.89 bits per heavy atom. The van der Waals surface area contributed by atoms with Gasteiger partial charge in [0.25, 0.3) is 0 Å². The summed E-state index contributed by atoms with van der Waals surface area (Å²) in [5.41, 5.74) is 5.03. The monoisotopic (exact) mass is 384 g/mol. The summed E-state index contributed by atoms with van der Waals surface area (Å²) >= 11 is 0. The molecule has 27 heavy (non-hydrogen) atoms. The van der Waals surface area contributed by atoms with Crippen LogP contribution in [0.2, 0.25) is 0 Å². The van der Waals surface area contributed by atoms with Gasteiger partial charge in [-0.3, -0.25) is 4.79 Å². The summed E-state index contributed by atoms with van der Waals surface area (Å²) in [6.07, 6.45) is 4.17. The third-order valence-electron chi connectivity index (χ3n) is 5.54. The highest BCUT2D eigenvalue weighted by Crippen LogP contribution is 2.28. The van der Waals surface area contributed by atoms with Crippen molar-refractivity contribution in [2.24, 2.45) is 23.5 Å². The second-order valence-corrected chi connectivity index (χ2v) is 7.36. The fourth-order valence-corrected chi connectivity index (χ4v) is 4.06. The van der Waals surface area contributed by atoms with E-state index in [-0.39, 0.29) is 0 Å². The molecule has 0 radical (unpaired) electrons. The average molecular weight is 385 g/mol. The van der Waals surface area contributed by atoms with Crippen molar-refractivity contribution < 1.29 is 4.79 Å². The number of likely N-dealkylation sites (tertiary alicyclic amines) is 2. The standard InChI is InChI=1S/C15H27N3O.C3H9N.2C2H6/c1-2-15(19)18-5-3-12(4-6-18)9-17-10-13-7-16-8-14(13)11-17;1-2-3-4;2*1-2/h12-14,16H,2-11H2,1H3;2-4H2,1H3;2*1-2H3/t13-,14+;;;. The maximum atomic E-state index is 11.7. The Kier molecular flexibility index (Phi) is 15.9. The summed E-state index contributed by atoms with van der Waals surface area (Å²) in [6.45, 7) is 21.1. The lowest BCUT2D eigenvalue weighted by Gasteiger charge is -2.34. The zero-order valence-electron chi connectivity index (χ0n) is 19.1.